The zero-order valence-corrected chi connectivity index (χ0v) is 11.1. The Labute approximate surface area is 104 Å². The number of rotatable bonds is 5. The van der Waals surface area contributed by atoms with E-state index in [2.05, 4.69) is 43.4 Å². The van der Waals surface area contributed by atoms with Gasteiger partial charge in [0.25, 0.3) is 0 Å². The summed E-state index contributed by atoms with van der Waals surface area (Å²) in [5.41, 5.74) is 3.06. The molecule has 1 aliphatic rings. The summed E-state index contributed by atoms with van der Waals surface area (Å²) in [4.78, 5) is 0. The molecule has 0 bridgehead atoms. The van der Waals surface area contributed by atoms with Crippen molar-refractivity contribution < 1.29 is 4.74 Å². The molecule has 0 amide bonds. The van der Waals surface area contributed by atoms with Crippen molar-refractivity contribution in [3.05, 3.63) is 35.4 Å². The van der Waals surface area contributed by atoms with Gasteiger partial charge in [-0.15, -0.1) is 0 Å². The largest absolute Gasteiger partial charge is 0.379 e. The van der Waals surface area contributed by atoms with Crippen molar-refractivity contribution >= 4 is 0 Å². The van der Waals surface area contributed by atoms with Crippen LogP contribution in [0.1, 0.15) is 37.3 Å². The van der Waals surface area contributed by atoms with Crippen LogP contribution in [0.25, 0.3) is 0 Å². The van der Waals surface area contributed by atoms with Gasteiger partial charge in [-0.25, -0.2) is 0 Å². The summed E-state index contributed by atoms with van der Waals surface area (Å²) in [5.74, 6) is 0.655. The van der Waals surface area contributed by atoms with Crippen LogP contribution in [-0.2, 0) is 10.2 Å². The summed E-state index contributed by atoms with van der Waals surface area (Å²) in [6.07, 6.45) is 1.20. The molecule has 1 N–H and O–H groups in total. The Hall–Kier alpha value is -0.860. The molecule has 1 heterocycles. The highest BCUT2D eigenvalue weighted by Gasteiger charge is 2.39. The molecule has 94 valence electrons. The lowest BCUT2D eigenvalue weighted by atomic mass is 9.78. The van der Waals surface area contributed by atoms with Crippen molar-refractivity contribution in [2.45, 2.75) is 31.6 Å². The molecule has 2 nitrogen and oxygen atoms in total. The van der Waals surface area contributed by atoms with Crippen molar-refractivity contribution in [2.75, 3.05) is 26.8 Å². The average molecular weight is 233 g/mol. The summed E-state index contributed by atoms with van der Waals surface area (Å²) in [6.45, 7) is 7.20. The molecule has 0 radical (unpaired) electrons. The molecule has 0 aliphatic carbocycles. The van der Waals surface area contributed by atoms with Gasteiger partial charge in [0.05, 0.1) is 18.6 Å². The van der Waals surface area contributed by atoms with Crippen LogP contribution in [0.2, 0.25) is 0 Å². The third-order valence-corrected chi connectivity index (χ3v) is 3.98. The Balaban J connectivity index is 2.16. The van der Waals surface area contributed by atoms with E-state index >= 15 is 0 Å². The summed E-state index contributed by atoms with van der Waals surface area (Å²) in [5, 5.41) is 3.28. The van der Waals surface area contributed by atoms with Gasteiger partial charge in [-0.2, -0.15) is 0 Å². The number of benzene rings is 1. The average Bonchev–Trinajstić information content (AvgIpc) is 2.33. The zero-order chi connectivity index (χ0) is 12.3. The third-order valence-electron chi connectivity index (χ3n) is 3.98. The SMILES string of the molecule is CCC(C)c1ccc(C2(CNC)COC2)cc1. The molecule has 0 spiro atoms. The first-order valence-electron chi connectivity index (χ1n) is 6.54. The van der Waals surface area contributed by atoms with E-state index < -0.39 is 0 Å². The second-order valence-electron chi connectivity index (χ2n) is 5.23. The number of nitrogens with one attached hydrogen (secondary N) is 1. The van der Waals surface area contributed by atoms with Gasteiger partial charge in [0, 0.05) is 6.54 Å². The quantitative estimate of drug-likeness (QED) is 0.844. The third kappa shape index (κ3) is 2.38. The van der Waals surface area contributed by atoms with Crippen molar-refractivity contribution in [1.29, 1.82) is 0 Å². The molecule has 1 aromatic carbocycles. The van der Waals surface area contributed by atoms with Crippen LogP contribution in [0.15, 0.2) is 24.3 Å². The lowest BCUT2D eigenvalue weighted by molar-refractivity contribution is -0.0582. The van der Waals surface area contributed by atoms with Gasteiger partial charge in [0.2, 0.25) is 0 Å². The molecule has 2 rings (SSSR count). The summed E-state index contributed by atoms with van der Waals surface area (Å²) in [7, 11) is 2.01. The molecular formula is C15H23NO. The monoisotopic (exact) mass is 233 g/mol. The normalized spacial score (nSPS) is 19.7. The molecule has 1 fully saturated rings. The highest BCUT2D eigenvalue weighted by Crippen LogP contribution is 2.32. The highest BCUT2D eigenvalue weighted by molar-refractivity contribution is 5.33. The molecule has 2 heteroatoms. The van der Waals surface area contributed by atoms with Crippen LogP contribution in [0.3, 0.4) is 0 Å². The summed E-state index contributed by atoms with van der Waals surface area (Å²) in [6, 6.07) is 9.11. The van der Waals surface area contributed by atoms with E-state index in [9.17, 15) is 0 Å². The number of likely N-dealkylation sites (N-methyl/N-ethyl adjacent to an activating group) is 1. The van der Waals surface area contributed by atoms with E-state index in [0.29, 0.717) is 5.92 Å². The Morgan fingerprint density at radius 3 is 2.35 bits per heavy atom. The first-order chi connectivity index (χ1) is 8.22. The number of hydrogen-bond donors (Lipinski definition) is 1. The van der Waals surface area contributed by atoms with Gasteiger partial charge in [-0.3, -0.25) is 0 Å². The Kier molecular flexibility index (Phi) is 3.85. The molecule has 0 saturated carbocycles. The second kappa shape index (κ2) is 5.19. The van der Waals surface area contributed by atoms with Crippen molar-refractivity contribution in [2.24, 2.45) is 0 Å². The van der Waals surface area contributed by atoms with Crippen LogP contribution < -0.4 is 5.32 Å². The fourth-order valence-corrected chi connectivity index (χ4v) is 2.46. The number of ether oxygens (including phenoxy) is 1. The predicted molar refractivity (Wildman–Crippen MR) is 71.6 cm³/mol. The van der Waals surface area contributed by atoms with Crippen LogP contribution >= 0.6 is 0 Å². The van der Waals surface area contributed by atoms with Gasteiger partial charge in [-0.1, -0.05) is 38.1 Å². The minimum atomic E-state index is 0.211. The molecular weight excluding hydrogens is 210 g/mol. The predicted octanol–water partition coefficient (Wildman–Crippen LogP) is 2.69. The standard InChI is InChI=1S/C15H23NO/c1-4-12(2)13-5-7-14(8-6-13)15(9-16-3)10-17-11-15/h5-8,12,16H,4,9-11H2,1-3H3. The second-order valence-corrected chi connectivity index (χ2v) is 5.23. The Bertz CT molecular complexity index is 354. The Morgan fingerprint density at radius 2 is 1.94 bits per heavy atom. The first-order valence-corrected chi connectivity index (χ1v) is 6.54. The maximum atomic E-state index is 5.40. The molecule has 1 atom stereocenters. The highest BCUT2D eigenvalue weighted by atomic mass is 16.5. The minimum Gasteiger partial charge on any atom is -0.379 e. The van der Waals surface area contributed by atoms with E-state index in [-0.39, 0.29) is 5.41 Å². The molecule has 1 saturated heterocycles. The topological polar surface area (TPSA) is 21.3 Å². The van der Waals surface area contributed by atoms with E-state index in [1.54, 1.807) is 0 Å². The maximum absolute atomic E-state index is 5.40. The lowest BCUT2D eigenvalue weighted by Crippen LogP contribution is -2.52. The fraction of sp³-hybridized carbons (Fsp3) is 0.600. The van der Waals surface area contributed by atoms with Gasteiger partial charge in [0.15, 0.2) is 0 Å². The van der Waals surface area contributed by atoms with E-state index in [1.165, 1.54) is 17.5 Å². The van der Waals surface area contributed by atoms with E-state index in [0.717, 1.165) is 19.8 Å². The van der Waals surface area contributed by atoms with E-state index in [4.69, 9.17) is 4.74 Å². The first kappa shape index (κ1) is 12.6. The summed E-state index contributed by atoms with van der Waals surface area (Å²) >= 11 is 0. The molecule has 1 aliphatic heterocycles. The van der Waals surface area contributed by atoms with E-state index in [1.807, 2.05) is 7.05 Å². The van der Waals surface area contributed by atoms with Gasteiger partial charge in [0.1, 0.15) is 0 Å². The number of hydrogen-bond acceptors (Lipinski definition) is 2. The van der Waals surface area contributed by atoms with Crippen molar-refractivity contribution in [3.63, 3.8) is 0 Å². The van der Waals surface area contributed by atoms with Crippen LogP contribution in [-0.4, -0.2) is 26.8 Å². The minimum absolute atomic E-state index is 0.211. The van der Waals surface area contributed by atoms with Gasteiger partial charge < -0.3 is 10.1 Å². The molecule has 1 aromatic rings. The van der Waals surface area contributed by atoms with Crippen LogP contribution in [0.5, 0.6) is 0 Å². The fourth-order valence-electron chi connectivity index (χ4n) is 2.46. The zero-order valence-electron chi connectivity index (χ0n) is 11.1. The maximum Gasteiger partial charge on any atom is 0.0598 e. The molecule has 1 unspecified atom stereocenters. The van der Waals surface area contributed by atoms with Crippen LogP contribution in [0, 0.1) is 0 Å². The Morgan fingerprint density at radius 1 is 1.29 bits per heavy atom. The summed E-state index contributed by atoms with van der Waals surface area (Å²) < 4.78 is 5.40. The van der Waals surface area contributed by atoms with Gasteiger partial charge in [-0.05, 0) is 30.5 Å². The molecule has 17 heavy (non-hydrogen) atoms. The smallest absolute Gasteiger partial charge is 0.0598 e. The molecule has 0 aromatic heterocycles. The van der Waals surface area contributed by atoms with Gasteiger partial charge >= 0.3 is 0 Å². The van der Waals surface area contributed by atoms with Crippen molar-refractivity contribution in [1.82, 2.24) is 5.32 Å². The lowest BCUT2D eigenvalue weighted by Gasteiger charge is -2.42. The van der Waals surface area contributed by atoms with Crippen LogP contribution in [0.4, 0.5) is 0 Å². The van der Waals surface area contributed by atoms with Crippen molar-refractivity contribution in [3.8, 4) is 0 Å².